The van der Waals surface area contributed by atoms with Crippen LogP contribution in [0.25, 0.3) is 10.9 Å². The number of aromatic nitrogens is 2. The normalized spacial score (nSPS) is 19.9. The number of nitrogens with zero attached hydrogens (tertiary/aromatic N) is 3. The molecule has 2 aromatic rings. The summed E-state index contributed by atoms with van der Waals surface area (Å²) in [6, 6.07) is 6.24. The van der Waals surface area contributed by atoms with Gasteiger partial charge in [-0.15, -0.1) is 0 Å². The second kappa shape index (κ2) is 6.50. The molecule has 0 spiro atoms. The average molecular weight is 364 g/mol. The fourth-order valence-corrected chi connectivity index (χ4v) is 3.62. The zero-order valence-corrected chi connectivity index (χ0v) is 14.7. The van der Waals surface area contributed by atoms with Crippen LogP contribution in [0, 0.1) is 5.92 Å². The molecular formula is C17H22BrN3O. The lowest BCUT2D eigenvalue weighted by molar-refractivity contribution is 0.130. The minimum atomic E-state index is 0.0629. The Hall–Kier alpha value is -1.20. The van der Waals surface area contributed by atoms with Crippen molar-refractivity contribution in [3.05, 3.63) is 39.4 Å². The number of benzene rings is 1. The fraction of sp³-hybridized carbons (Fsp3) is 0.529. The van der Waals surface area contributed by atoms with Crippen LogP contribution >= 0.6 is 15.9 Å². The highest BCUT2D eigenvalue weighted by atomic mass is 79.9. The molecule has 3 rings (SSSR count). The first-order chi connectivity index (χ1) is 10.5. The molecule has 0 unspecified atom stereocenters. The number of likely N-dealkylation sites (tertiary alicyclic amines) is 1. The Labute approximate surface area is 139 Å². The van der Waals surface area contributed by atoms with Gasteiger partial charge in [-0.1, -0.05) is 15.9 Å². The third kappa shape index (κ3) is 3.25. The van der Waals surface area contributed by atoms with Crippen molar-refractivity contribution in [3.8, 4) is 0 Å². The SMILES string of the molecule is CC(C)N1CCC[C@H](Cn2cnc3ccc(Br)cc3c2=O)C1. The molecule has 1 aromatic carbocycles. The molecule has 1 fully saturated rings. The highest BCUT2D eigenvalue weighted by Crippen LogP contribution is 2.20. The standard InChI is InChI=1S/C17H22BrN3O/c1-12(2)20-7-3-4-13(9-20)10-21-11-19-16-6-5-14(18)8-15(16)17(21)22/h5-6,8,11-13H,3-4,7,9-10H2,1-2H3/t13-/m0/s1. The summed E-state index contributed by atoms with van der Waals surface area (Å²) in [7, 11) is 0. The van der Waals surface area contributed by atoms with Gasteiger partial charge in [-0.2, -0.15) is 0 Å². The number of hydrogen-bond acceptors (Lipinski definition) is 3. The first kappa shape index (κ1) is 15.7. The summed E-state index contributed by atoms with van der Waals surface area (Å²) >= 11 is 3.43. The molecule has 0 N–H and O–H groups in total. The number of hydrogen-bond donors (Lipinski definition) is 0. The van der Waals surface area contributed by atoms with Gasteiger partial charge >= 0.3 is 0 Å². The molecular weight excluding hydrogens is 342 g/mol. The fourth-order valence-electron chi connectivity index (χ4n) is 3.25. The lowest BCUT2D eigenvalue weighted by Crippen LogP contribution is -2.42. The highest BCUT2D eigenvalue weighted by molar-refractivity contribution is 9.10. The summed E-state index contributed by atoms with van der Waals surface area (Å²) in [4.78, 5) is 19.6. The van der Waals surface area contributed by atoms with E-state index in [4.69, 9.17) is 0 Å². The Balaban J connectivity index is 1.85. The molecule has 4 nitrogen and oxygen atoms in total. The average Bonchev–Trinajstić information content (AvgIpc) is 2.51. The molecule has 1 atom stereocenters. The van der Waals surface area contributed by atoms with Crippen molar-refractivity contribution in [3.63, 3.8) is 0 Å². The molecule has 5 heteroatoms. The molecule has 2 heterocycles. The summed E-state index contributed by atoms with van der Waals surface area (Å²) in [6.07, 6.45) is 4.10. The predicted molar refractivity (Wildman–Crippen MR) is 93.1 cm³/mol. The van der Waals surface area contributed by atoms with E-state index < -0.39 is 0 Å². The van der Waals surface area contributed by atoms with E-state index in [-0.39, 0.29) is 5.56 Å². The van der Waals surface area contributed by atoms with Crippen LogP contribution in [0.3, 0.4) is 0 Å². The van der Waals surface area contributed by atoms with Gasteiger partial charge in [-0.05, 0) is 57.4 Å². The largest absolute Gasteiger partial charge is 0.301 e. The van der Waals surface area contributed by atoms with Gasteiger partial charge in [0.15, 0.2) is 0 Å². The van der Waals surface area contributed by atoms with Gasteiger partial charge in [0, 0.05) is 23.6 Å². The maximum atomic E-state index is 12.7. The molecule has 0 radical (unpaired) electrons. The number of rotatable bonds is 3. The molecule has 0 saturated carbocycles. The Morgan fingerprint density at radius 2 is 2.23 bits per heavy atom. The molecule has 118 valence electrons. The van der Waals surface area contributed by atoms with Crippen LogP contribution < -0.4 is 5.56 Å². The summed E-state index contributed by atoms with van der Waals surface area (Å²) < 4.78 is 2.70. The van der Waals surface area contributed by atoms with Crippen LogP contribution in [0.5, 0.6) is 0 Å². The Morgan fingerprint density at radius 1 is 1.41 bits per heavy atom. The molecule has 0 bridgehead atoms. The summed E-state index contributed by atoms with van der Waals surface area (Å²) in [5.74, 6) is 0.528. The second-order valence-corrected chi connectivity index (χ2v) is 7.38. The van der Waals surface area contributed by atoms with Crippen molar-refractivity contribution >= 4 is 26.8 Å². The minimum Gasteiger partial charge on any atom is -0.301 e. The van der Waals surface area contributed by atoms with Crippen molar-refractivity contribution < 1.29 is 0 Å². The zero-order chi connectivity index (χ0) is 15.7. The van der Waals surface area contributed by atoms with E-state index in [9.17, 15) is 4.79 Å². The van der Waals surface area contributed by atoms with E-state index in [2.05, 4.69) is 39.7 Å². The second-order valence-electron chi connectivity index (χ2n) is 6.46. The van der Waals surface area contributed by atoms with Gasteiger partial charge in [0.1, 0.15) is 0 Å². The van der Waals surface area contributed by atoms with Crippen molar-refractivity contribution in [2.24, 2.45) is 5.92 Å². The highest BCUT2D eigenvalue weighted by Gasteiger charge is 2.22. The monoisotopic (exact) mass is 363 g/mol. The van der Waals surface area contributed by atoms with Crippen LogP contribution in [0.2, 0.25) is 0 Å². The third-order valence-electron chi connectivity index (χ3n) is 4.52. The maximum absolute atomic E-state index is 12.7. The smallest absolute Gasteiger partial charge is 0.261 e. The van der Waals surface area contributed by atoms with Gasteiger partial charge in [-0.25, -0.2) is 4.98 Å². The molecule has 22 heavy (non-hydrogen) atoms. The van der Waals surface area contributed by atoms with Crippen molar-refractivity contribution in [1.82, 2.24) is 14.5 Å². The van der Waals surface area contributed by atoms with Crippen LogP contribution in [0.1, 0.15) is 26.7 Å². The van der Waals surface area contributed by atoms with Crippen molar-refractivity contribution in [2.45, 2.75) is 39.3 Å². The van der Waals surface area contributed by atoms with E-state index >= 15 is 0 Å². The molecule has 0 amide bonds. The van der Waals surface area contributed by atoms with Gasteiger partial charge < -0.3 is 4.90 Å². The van der Waals surface area contributed by atoms with Crippen LogP contribution in [-0.4, -0.2) is 33.6 Å². The number of halogens is 1. The maximum Gasteiger partial charge on any atom is 0.261 e. The Morgan fingerprint density at radius 3 is 3.00 bits per heavy atom. The topological polar surface area (TPSA) is 38.1 Å². The van der Waals surface area contributed by atoms with Crippen molar-refractivity contribution in [1.29, 1.82) is 0 Å². The number of fused-ring (bicyclic) bond motifs is 1. The van der Waals surface area contributed by atoms with Crippen LogP contribution in [0.4, 0.5) is 0 Å². The molecule has 1 saturated heterocycles. The van der Waals surface area contributed by atoms with Crippen LogP contribution in [-0.2, 0) is 6.54 Å². The first-order valence-electron chi connectivity index (χ1n) is 7.93. The lowest BCUT2D eigenvalue weighted by Gasteiger charge is -2.35. The van der Waals surface area contributed by atoms with E-state index in [0.717, 1.165) is 23.1 Å². The van der Waals surface area contributed by atoms with Gasteiger partial charge in [0.05, 0.1) is 17.2 Å². The molecule has 1 aromatic heterocycles. The van der Waals surface area contributed by atoms with Crippen LogP contribution in [0.15, 0.2) is 33.8 Å². The van der Waals surface area contributed by atoms with E-state index in [0.29, 0.717) is 17.3 Å². The van der Waals surface area contributed by atoms with Gasteiger partial charge in [0.25, 0.3) is 5.56 Å². The quantitative estimate of drug-likeness (QED) is 0.839. The first-order valence-corrected chi connectivity index (χ1v) is 8.72. The van der Waals surface area contributed by atoms with E-state index in [1.165, 1.54) is 19.4 Å². The Kier molecular flexibility index (Phi) is 4.64. The van der Waals surface area contributed by atoms with E-state index in [1.54, 1.807) is 10.9 Å². The van der Waals surface area contributed by atoms with Gasteiger partial charge in [-0.3, -0.25) is 9.36 Å². The molecule has 0 aliphatic carbocycles. The van der Waals surface area contributed by atoms with Gasteiger partial charge in [0.2, 0.25) is 0 Å². The molecule has 1 aliphatic heterocycles. The Bertz CT molecular complexity index is 725. The summed E-state index contributed by atoms with van der Waals surface area (Å²) in [5, 5.41) is 0.688. The number of piperidine rings is 1. The lowest BCUT2D eigenvalue weighted by atomic mass is 9.97. The summed E-state index contributed by atoms with van der Waals surface area (Å²) in [6.45, 7) is 7.48. The van der Waals surface area contributed by atoms with Crippen molar-refractivity contribution in [2.75, 3.05) is 13.1 Å². The minimum absolute atomic E-state index is 0.0629. The third-order valence-corrected chi connectivity index (χ3v) is 5.01. The van der Waals surface area contributed by atoms with E-state index in [1.807, 2.05) is 18.2 Å². The zero-order valence-electron chi connectivity index (χ0n) is 13.1. The summed E-state index contributed by atoms with van der Waals surface area (Å²) in [5.41, 5.74) is 0.824. The predicted octanol–water partition coefficient (Wildman–Crippen LogP) is 3.28. The molecule has 1 aliphatic rings.